The van der Waals surface area contributed by atoms with Gasteiger partial charge in [-0.05, 0) is 30.5 Å². The minimum Gasteiger partial charge on any atom is -0.454 e. The van der Waals surface area contributed by atoms with Gasteiger partial charge in [0.1, 0.15) is 6.10 Å². The Labute approximate surface area is 104 Å². The zero-order valence-corrected chi connectivity index (χ0v) is 9.80. The second-order valence-corrected chi connectivity index (χ2v) is 4.87. The SMILES string of the molecule is O=C1OC(c2ccc3c(c2)OCO3)CN1C1CC1. The van der Waals surface area contributed by atoms with Gasteiger partial charge in [0, 0.05) is 6.04 Å². The van der Waals surface area contributed by atoms with Gasteiger partial charge in [-0.1, -0.05) is 6.07 Å². The van der Waals surface area contributed by atoms with E-state index >= 15 is 0 Å². The van der Waals surface area contributed by atoms with Crippen molar-refractivity contribution in [1.82, 2.24) is 4.90 Å². The largest absolute Gasteiger partial charge is 0.454 e. The maximum atomic E-state index is 11.7. The number of nitrogens with zero attached hydrogens (tertiary/aromatic N) is 1. The van der Waals surface area contributed by atoms with E-state index in [4.69, 9.17) is 14.2 Å². The Morgan fingerprint density at radius 1 is 1.17 bits per heavy atom. The van der Waals surface area contributed by atoms with Gasteiger partial charge in [0.15, 0.2) is 11.5 Å². The van der Waals surface area contributed by atoms with Crippen molar-refractivity contribution in [3.05, 3.63) is 23.8 Å². The summed E-state index contributed by atoms with van der Waals surface area (Å²) in [5.74, 6) is 1.48. The van der Waals surface area contributed by atoms with Gasteiger partial charge in [-0.15, -0.1) is 0 Å². The van der Waals surface area contributed by atoms with Gasteiger partial charge < -0.3 is 19.1 Å². The lowest BCUT2D eigenvalue weighted by molar-refractivity contribution is 0.132. The van der Waals surface area contributed by atoms with Crippen LogP contribution in [0.1, 0.15) is 24.5 Å². The normalized spacial score (nSPS) is 25.4. The van der Waals surface area contributed by atoms with Crippen molar-refractivity contribution in [2.75, 3.05) is 13.3 Å². The van der Waals surface area contributed by atoms with Crippen LogP contribution in [0.25, 0.3) is 0 Å². The fourth-order valence-corrected chi connectivity index (χ4v) is 2.45. The molecular formula is C13H13NO4. The molecule has 1 aromatic rings. The fraction of sp³-hybridized carbons (Fsp3) is 0.462. The summed E-state index contributed by atoms with van der Waals surface area (Å²) in [6.45, 7) is 0.903. The molecule has 4 rings (SSSR count). The zero-order valence-electron chi connectivity index (χ0n) is 9.80. The van der Waals surface area contributed by atoms with Crippen LogP contribution in [0, 0.1) is 0 Å². The molecule has 5 heteroatoms. The molecule has 94 valence electrons. The molecule has 0 radical (unpaired) electrons. The molecule has 0 aromatic heterocycles. The second-order valence-electron chi connectivity index (χ2n) is 4.87. The smallest absolute Gasteiger partial charge is 0.410 e. The van der Waals surface area contributed by atoms with Crippen LogP contribution in [0.5, 0.6) is 11.5 Å². The van der Waals surface area contributed by atoms with E-state index in [0.29, 0.717) is 12.6 Å². The van der Waals surface area contributed by atoms with Gasteiger partial charge >= 0.3 is 6.09 Å². The van der Waals surface area contributed by atoms with Crippen molar-refractivity contribution in [2.45, 2.75) is 25.0 Å². The minimum atomic E-state index is -0.194. The molecule has 1 saturated heterocycles. The second kappa shape index (κ2) is 3.54. The van der Waals surface area contributed by atoms with Gasteiger partial charge in [-0.3, -0.25) is 0 Å². The highest BCUT2D eigenvalue weighted by Gasteiger charge is 2.41. The standard InChI is InChI=1S/C13H13NO4/c15-13-14(9-2-3-9)6-12(18-13)8-1-4-10-11(5-8)17-7-16-10/h1,4-5,9,12H,2-3,6-7H2. The van der Waals surface area contributed by atoms with Gasteiger partial charge in [0.2, 0.25) is 6.79 Å². The number of hydrogen-bond acceptors (Lipinski definition) is 4. The summed E-state index contributed by atoms with van der Waals surface area (Å²) in [7, 11) is 0. The molecule has 1 unspecified atom stereocenters. The Kier molecular flexibility index (Phi) is 1.98. The fourth-order valence-electron chi connectivity index (χ4n) is 2.45. The topological polar surface area (TPSA) is 48.0 Å². The van der Waals surface area contributed by atoms with E-state index in [-0.39, 0.29) is 19.0 Å². The highest BCUT2D eigenvalue weighted by molar-refractivity contribution is 5.71. The Balaban J connectivity index is 1.58. The predicted molar refractivity (Wildman–Crippen MR) is 61.5 cm³/mol. The minimum absolute atomic E-state index is 0.187. The van der Waals surface area contributed by atoms with Crippen molar-refractivity contribution >= 4 is 6.09 Å². The molecule has 0 bridgehead atoms. The van der Waals surface area contributed by atoms with Crippen molar-refractivity contribution < 1.29 is 19.0 Å². The average molecular weight is 247 g/mol. The Morgan fingerprint density at radius 3 is 2.83 bits per heavy atom. The van der Waals surface area contributed by atoms with Crippen LogP contribution in [-0.2, 0) is 4.74 Å². The maximum Gasteiger partial charge on any atom is 0.410 e. The molecular weight excluding hydrogens is 234 g/mol. The summed E-state index contributed by atoms with van der Waals surface area (Å²) >= 11 is 0. The van der Waals surface area contributed by atoms with E-state index in [1.807, 2.05) is 23.1 Å². The van der Waals surface area contributed by atoms with Crippen molar-refractivity contribution in [2.24, 2.45) is 0 Å². The first kappa shape index (κ1) is 10.1. The molecule has 3 aliphatic rings. The summed E-state index contributed by atoms with van der Waals surface area (Å²) in [5, 5.41) is 0. The van der Waals surface area contributed by atoms with Crippen LogP contribution in [-0.4, -0.2) is 30.4 Å². The van der Waals surface area contributed by atoms with E-state index in [1.54, 1.807) is 0 Å². The number of carbonyl (C=O) groups is 1. The third-order valence-corrected chi connectivity index (χ3v) is 3.60. The zero-order chi connectivity index (χ0) is 12.1. The molecule has 18 heavy (non-hydrogen) atoms. The molecule has 1 aromatic carbocycles. The van der Waals surface area contributed by atoms with E-state index in [2.05, 4.69) is 0 Å². The first-order valence-electron chi connectivity index (χ1n) is 6.18. The number of carbonyl (C=O) groups excluding carboxylic acids is 1. The van der Waals surface area contributed by atoms with Crippen LogP contribution in [0.15, 0.2) is 18.2 Å². The molecule has 1 aliphatic carbocycles. The van der Waals surface area contributed by atoms with Gasteiger partial charge in [-0.25, -0.2) is 4.79 Å². The van der Waals surface area contributed by atoms with Crippen LogP contribution in [0.2, 0.25) is 0 Å². The third kappa shape index (κ3) is 1.50. The van der Waals surface area contributed by atoms with Gasteiger partial charge in [0.05, 0.1) is 6.54 Å². The number of fused-ring (bicyclic) bond motifs is 1. The quantitative estimate of drug-likeness (QED) is 0.802. The number of amides is 1. The number of benzene rings is 1. The Hall–Kier alpha value is -1.91. The van der Waals surface area contributed by atoms with Crippen LogP contribution >= 0.6 is 0 Å². The molecule has 1 amide bonds. The van der Waals surface area contributed by atoms with Crippen LogP contribution < -0.4 is 9.47 Å². The van der Waals surface area contributed by atoms with Crippen molar-refractivity contribution in [1.29, 1.82) is 0 Å². The lowest BCUT2D eigenvalue weighted by atomic mass is 10.1. The lowest BCUT2D eigenvalue weighted by Gasteiger charge is -2.11. The van der Waals surface area contributed by atoms with E-state index < -0.39 is 0 Å². The number of cyclic esters (lactones) is 1. The number of ether oxygens (including phenoxy) is 3. The third-order valence-electron chi connectivity index (χ3n) is 3.60. The average Bonchev–Trinajstić information content (AvgIpc) is 2.98. The van der Waals surface area contributed by atoms with E-state index in [0.717, 1.165) is 29.9 Å². The molecule has 1 atom stereocenters. The predicted octanol–water partition coefficient (Wildman–Crippen LogP) is 2.07. The summed E-state index contributed by atoms with van der Waals surface area (Å²) < 4.78 is 16.0. The molecule has 2 heterocycles. The highest BCUT2D eigenvalue weighted by Crippen LogP contribution is 2.39. The molecule has 0 N–H and O–H groups in total. The first-order valence-corrected chi connectivity index (χ1v) is 6.18. The summed E-state index contributed by atoms with van der Waals surface area (Å²) in [4.78, 5) is 13.5. The lowest BCUT2D eigenvalue weighted by Crippen LogP contribution is -2.26. The van der Waals surface area contributed by atoms with E-state index in [1.165, 1.54) is 0 Å². The summed E-state index contributed by atoms with van der Waals surface area (Å²) in [6.07, 6.45) is 1.82. The monoisotopic (exact) mass is 247 g/mol. The molecule has 5 nitrogen and oxygen atoms in total. The summed E-state index contributed by atoms with van der Waals surface area (Å²) in [6, 6.07) is 6.10. The van der Waals surface area contributed by atoms with E-state index in [9.17, 15) is 4.79 Å². The van der Waals surface area contributed by atoms with Crippen molar-refractivity contribution in [3.63, 3.8) is 0 Å². The van der Waals surface area contributed by atoms with Crippen LogP contribution in [0.3, 0.4) is 0 Å². The number of rotatable bonds is 2. The Morgan fingerprint density at radius 2 is 2.00 bits per heavy atom. The van der Waals surface area contributed by atoms with Gasteiger partial charge in [-0.2, -0.15) is 0 Å². The molecule has 2 aliphatic heterocycles. The highest BCUT2D eigenvalue weighted by atomic mass is 16.7. The van der Waals surface area contributed by atoms with Crippen molar-refractivity contribution in [3.8, 4) is 11.5 Å². The molecule has 2 fully saturated rings. The van der Waals surface area contributed by atoms with Gasteiger partial charge in [0.25, 0.3) is 0 Å². The number of hydrogen-bond donors (Lipinski definition) is 0. The first-order chi connectivity index (χ1) is 8.81. The van der Waals surface area contributed by atoms with Crippen LogP contribution in [0.4, 0.5) is 4.79 Å². The summed E-state index contributed by atoms with van der Waals surface area (Å²) in [5.41, 5.74) is 0.968. The Bertz CT molecular complexity index is 512. The maximum absolute atomic E-state index is 11.7. The molecule has 1 saturated carbocycles. The molecule has 0 spiro atoms.